The van der Waals surface area contributed by atoms with Gasteiger partial charge in [-0.3, -0.25) is 19.2 Å². The first-order chi connectivity index (χ1) is 18.2. The molecule has 10 heteroatoms. The van der Waals surface area contributed by atoms with Gasteiger partial charge in [-0.15, -0.1) is 0 Å². The fourth-order valence-electron chi connectivity index (χ4n) is 6.62. The predicted molar refractivity (Wildman–Crippen MR) is 147 cm³/mol. The Hall–Kier alpha value is -2.72. The maximum Gasteiger partial charge on any atom is 0.316 e. The molecule has 38 heavy (non-hydrogen) atoms. The van der Waals surface area contributed by atoms with Crippen molar-refractivity contribution < 1.29 is 28.7 Å². The van der Waals surface area contributed by atoms with Gasteiger partial charge in [-0.2, -0.15) is 0 Å². The van der Waals surface area contributed by atoms with Gasteiger partial charge in [0.05, 0.1) is 30.6 Å². The van der Waals surface area contributed by atoms with Crippen molar-refractivity contribution in [2.24, 2.45) is 29.6 Å². The van der Waals surface area contributed by atoms with Crippen molar-refractivity contribution in [3.63, 3.8) is 0 Å². The summed E-state index contributed by atoms with van der Waals surface area (Å²) in [7, 11) is 1.56. The van der Waals surface area contributed by atoms with E-state index in [0.717, 1.165) is 6.42 Å². The van der Waals surface area contributed by atoms with Crippen LogP contribution in [0.15, 0.2) is 42.5 Å². The van der Waals surface area contributed by atoms with Gasteiger partial charge in [-0.25, -0.2) is 4.90 Å². The SMILES string of the molecule is COc1cccc(N2C[C@H](C(=O)Oc3ccc(N4C(=O)[C@@H]5[C@H]6C[C@@H]([C@H](Br)[C@H]6Br)[C@H]5C4=O)c(C)c3)CC2=O)c1. The number of imide groups is 1. The zero-order valence-electron chi connectivity index (χ0n) is 20.8. The van der Waals surface area contributed by atoms with Crippen LogP contribution in [0.5, 0.6) is 11.5 Å². The normalized spacial score (nSPS) is 31.8. The number of nitrogens with zero attached hydrogens (tertiary/aromatic N) is 2. The lowest BCUT2D eigenvalue weighted by Crippen LogP contribution is -2.37. The molecular weight excluding hydrogens is 620 g/mol. The van der Waals surface area contributed by atoms with Crippen molar-refractivity contribution in [1.29, 1.82) is 0 Å². The third-order valence-electron chi connectivity index (χ3n) is 8.44. The molecule has 2 aliphatic carbocycles. The lowest BCUT2D eigenvalue weighted by Gasteiger charge is -2.28. The number of carbonyl (C=O) groups excluding carboxylic acids is 4. The topological polar surface area (TPSA) is 93.2 Å². The lowest BCUT2D eigenvalue weighted by atomic mass is 9.81. The summed E-state index contributed by atoms with van der Waals surface area (Å²) in [5.41, 5.74) is 1.85. The van der Waals surface area contributed by atoms with Crippen molar-refractivity contribution in [2.75, 3.05) is 23.5 Å². The van der Waals surface area contributed by atoms with E-state index in [9.17, 15) is 19.2 Å². The highest BCUT2D eigenvalue weighted by atomic mass is 79.9. The third-order valence-corrected chi connectivity index (χ3v) is 11.6. The number of amides is 3. The maximum absolute atomic E-state index is 13.4. The molecule has 0 spiro atoms. The largest absolute Gasteiger partial charge is 0.497 e. The van der Waals surface area contributed by atoms with E-state index in [-0.39, 0.29) is 64.0 Å². The summed E-state index contributed by atoms with van der Waals surface area (Å²) in [4.78, 5) is 55.6. The molecule has 0 aromatic heterocycles. The van der Waals surface area contributed by atoms with Crippen molar-refractivity contribution in [2.45, 2.75) is 29.4 Å². The molecule has 2 aromatic carbocycles. The maximum atomic E-state index is 13.4. The van der Waals surface area contributed by atoms with Crippen molar-refractivity contribution in [3.8, 4) is 11.5 Å². The molecular formula is C28H26Br2N2O6. The summed E-state index contributed by atoms with van der Waals surface area (Å²) in [5, 5.41) is 0. The van der Waals surface area contributed by atoms with Crippen LogP contribution < -0.4 is 19.3 Å². The van der Waals surface area contributed by atoms with Crippen LogP contribution in [-0.4, -0.2) is 47.0 Å². The zero-order chi connectivity index (χ0) is 26.9. The molecule has 0 radical (unpaired) electrons. The number of carbonyl (C=O) groups is 4. The van der Waals surface area contributed by atoms with Gasteiger partial charge >= 0.3 is 5.97 Å². The Labute approximate surface area is 236 Å². The lowest BCUT2D eigenvalue weighted by molar-refractivity contribution is -0.139. The van der Waals surface area contributed by atoms with Gasteiger partial charge in [-0.1, -0.05) is 37.9 Å². The average Bonchev–Trinajstić information content (AvgIpc) is 3.62. The molecule has 2 heterocycles. The average molecular weight is 646 g/mol. The van der Waals surface area contributed by atoms with Gasteiger partial charge in [0.25, 0.3) is 0 Å². The van der Waals surface area contributed by atoms with E-state index in [4.69, 9.17) is 9.47 Å². The quantitative estimate of drug-likeness (QED) is 0.209. The number of halogens is 2. The van der Waals surface area contributed by atoms with E-state index in [2.05, 4.69) is 31.9 Å². The minimum atomic E-state index is -0.611. The highest BCUT2D eigenvalue weighted by molar-refractivity contribution is 9.12. The number of hydrogen-bond donors (Lipinski definition) is 0. The van der Waals surface area contributed by atoms with Gasteiger partial charge in [0.15, 0.2) is 0 Å². The van der Waals surface area contributed by atoms with E-state index in [1.807, 2.05) is 0 Å². The standard InChI is InChI=1S/C28H26Br2N2O6/c1-13-8-17(38-28(36)14-9-21(33)31(12-14)15-4-3-5-16(10-15)37-2)6-7-20(13)32-26(34)22-18-11-19(23(22)27(32)35)25(30)24(18)29/h3-8,10,14,18-19,22-25H,9,11-12H2,1-2H3/t14-,18-,19-,22-,23-,24+,25+/m1/s1. The van der Waals surface area contributed by atoms with E-state index >= 15 is 0 Å². The van der Waals surface area contributed by atoms with Gasteiger partial charge < -0.3 is 14.4 Å². The van der Waals surface area contributed by atoms with E-state index in [0.29, 0.717) is 28.4 Å². The highest BCUT2D eigenvalue weighted by Crippen LogP contribution is 2.60. The summed E-state index contributed by atoms with van der Waals surface area (Å²) in [6.07, 6.45) is 0.928. The van der Waals surface area contributed by atoms with Crippen LogP contribution in [0.2, 0.25) is 0 Å². The molecule has 0 unspecified atom stereocenters. The molecule has 2 saturated carbocycles. The van der Waals surface area contributed by atoms with Crippen molar-refractivity contribution in [3.05, 3.63) is 48.0 Å². The van der Waals surface area contributed by atoms with Crippen LogP contribution in [0, 0.1) is 36.5 Å². The van der Waals surface area contributed by atoms with Crippen LogP contribution in [0.1, 0.15) is 18.4 Å². The third kappa shape index (κ3) is 3.90. The number of esters is 1. The van der Waals surface area contributed by atoms with E-state index in [1.165, 1.54) is 4.90 Å². The van der Waals surface area contributed by atoms with Crippen LogP contribution in [0.4, 0.5) is 11.4 Å². The van der Waals surface area contributed by atoms with Gasteiger partial charge in [0.2, 0.25) is 17.7 Å². The number of methoxy groups -OCH3 is 1. The minimum Gasteiger partial charge on any atom is -0.497 e. The summed E-state index contributed by atoms with van der Waals surface area (Å²) >= 11 is 7.43. The molecule has 2 aromatic rings. The number of fused-ring (bicyclic) bond motifs is 5. The molecule has 2 bridgehead atoms. The molecule has 4 aliphatic rings. The minimum absolute atomic E-state index is 0.0537. The van der Waals surface area contributed by atoms with Crippen LogP contribution in [-0.2, 0) is 19.2 Å². The first-order valence-electron chi connectivity index (χ1n) is 12.6. The molecule has 2 saturated heterocycles. The Morgan fingerprint density at radius 2 is 1.63 bits per heavy atom. The molecule has 8 nitrogen and oxygen atoms in total. The Morgan fingerprint density at radius 3 is 2.26 bits per heavy atom. The fraction of sp³-hybridized carbons (Fsp3) is 0.429. The Balaban J connectivity index is 1.16. The first kappa shape index (κ1) is 25.6. The van der Waals surface area contributed by atoms with Gasteiger partial charge in [-0.05, 0) is 61.1 Å². The van der Waals surface area contributed by atoms with Crippen molar-refractivity contribution >= 4 is 66.9 Å². The highest BCUT2D eigenvalue weighted by Gasteiger charge is 2.66. The number of ether oxygens (including phenoxy) is 2. The summed E-state index contributed by atoms with van der Waals surface area (Å²) < 4.78 is 10.9. The van der Waals surface area contributed by atoms with E-state index < -0.39 is 11.9 Å². The Morgan fingerprint density at radius 1 is 0.947 bits per heavy atom. The fourth-order valence-corrected chi connectivity index (χ4v) is 8.49. The molecule has 3 amide bonds. The molecule has 7 atom stereocenters. The van der Waals surface area contributed by atoms with Crippen LogP contribution in [0.3, 0.4) is 0 Å². The van der Waals surface area contributed by atoms with E-state index in [1.54, 1.807) is 61.4 Å². The second-order valence-corrected chi connectivity index (χ2v) is 12.6. The summed E-state index contributed by atoms with van der Waals surface area (Å²) in [5.74, 6) is -0.937. The molecule has 2 aliphatic heterocycles. The second-order valence-electron chi connectivity index (χ2n) is 10.5. The Kier molecular flexibility index (Phi) is 6.38. The number of alkyl halides is 2. The molecule has 198 valence electrons. The number of rotatable bonds is 5. The van der Waals surface area contributed by atoms with Crippen LogP contribution in [0.25, 0.3) is 0 Å². The molecule has 6 rings (SSSR count). The Bertz CT molecular complexity index is 1330. The number of benzene rings is 2. The van der Waals surface area contributed by atoms with Crippen molar-refractivity contribution in [1.82, 2.24) is 0 Å². The summed E-state index contributed by atoms with van der Waals surface area (Å²) in [6, 6.07) is 12.1. The van der Waals surface area contributed by atoms with Gasteiger partial charge in [0, 0.05) is 34.4 Å². The second kappa shape index (κ2) is 9.48. The molecule has 4 fully saturated rings. The smallest absolute Gasteiger partial charge is 0.316 e. The predicted octanol–water partition coefficient (Wildman–Crippen LogP) is 4.24. The monoisotopic (exact) mass is 644 g/mol. The van der Waals surface area contributed by atoms with Crippen LogP contribution >= 0.6 is 31.9 Å². The number of aryl methyl sites for hydroxylation is 1. The first-order valence-corrected chi connectivity index (χ1v) is 14.5. The number of hydrogen-bond acceptors (Lipinski definition) is 6. The zero-order valence-corrected chi connectivity index (χ0v) is 24.0. The van der Waals surface area contributed by atoms with Gasteiger partial charge in [0.1, 0.15) is 11.5 Å². The summed E-state index contributed by atoms with van der Waals surface area (Å²) in [6.45, 7) is 2.01. The number of anilines is 2. The molecule has 0 N–H and O–H groups in total.